The van der Waals surface area contributed by atoms with Crippen LogP contribution in [-0.4, -0.2) is 35.7 Å². The molecule has 5 rings (SSSR count). The van der Waals surface area contributed by atoms with Crippen LogP contribution in [-0.2, 0) is 0 Å². The summed E-state index contributed by atoms with van der Waals surface area (Å²) in [5.74, 6) is 0.930. The lowest BCUT2D eigenvalue weighted by molar-refractivity contribution is 0.454. The molecule has 1 saturated carbocycles. The predicted molar refractivity (Wildman–Crippen MR) is 117 cm³/mol. The van der Waals surface area contributed by atoms with E-state index in [9.17, 15) is 9.90 Å². The number of anilines is 2. The zero-order chi connectivity index (χ0) is 21.5. The maximum atomic E-state index is 11.5. The summed E-state index contributed by atoms with van der Waals surface area (Å²) in [4.78, 5) is 25.9. The molecular weight excluding hydrogens is 418 g/mol. The van der Waals surface area contributed by atoms with Gasteiger partial charge in [-0.1, -0.05) is 17.7 Å². The minimum atomic E-state index is -0.495. The molecule has 9 nitrogen and oxygen atoms in total. The molecule has 4 aromatic rings. The molecular formula is C21H20ClN7O2. The summed E-state index contributed by atoms with van der Waals surface area (Å²) in [6.45, 7) is 2.10. The zero-order valence-corrected chi connectivity index (χ0v) is 17.4. The van der Waals surface area contributed by atoms with E-state index in [2.05, 4.69) is 27.3 Å². The molecule has 1 atom stereocenters. The molecule has 31 heavy (non-hydrogen) atoms. The first-order valence-electron chi connectivity index (χ1n) is 9.94. The largest absolute Gasteiger partial charge is 0.493 e. The molecule has 0 radical (unpaired) electrons. The van der Waals surface area contributed by atoms with Crippen molar-refractivity contribution in [2.45, 2.75) is 25.8 Å². The molecule has 1 aliphatic rings. The van der Waals surface area contributed by atoms with Crippen molar-refractivity contribution in [3.05, 3.63) is 68.4 Å². The number of nitrogens with one attached hydrogen (secondary N) is 3. The van der Waals surface area contributed by atoms with Crippen molar-refractivity contribution in [3.8, 4) is 5.88 Å². The maximum absolute atomic E-state index is 11.5. The Kier molecular flexibility index (Phi) is 4.74. The van der Waals surface area contributed by atoms with Gasteiger partial charge in [-0.3, -0.25) is 9.98 Å². The van der Waals surface area contributed by atoms with Crippen LogP contribution in [0.4, 0.5) is 11.5 Å². The SMILES string of the molecule is C[C@H](N=c1cc(Nc2cccc(Cl)c2)nc2c(=Cc3[nH]c(=O)[nH]c3O)cnn12)C1CC1. The number of aromatic hydroxyl groups is 1. The van der Waals surface area contributed by atoms with E-state index in [0.29, 0.717) is 33.1 Å². The van der Waals surface area contributed by atoms with Crippen LogP contribution in [0.2, 0.25) is 5.02 Å². The van der Waals surface area contributed by atoms with E-state index in [0.717, 1.165) is 5.69 Å². The van der Waals surface area contributed by atoms with Crippen molar-refractivity contribution in [1.82, 2.24) is 24.6 Å². The topological polar surface area (TPSA) is 123 Å². The highest BCUT2D eigenvalue weighted by molar-refractivity contribution is 6.30. The summed E-state index contributed by atoms with van der Waals surface area (Å²) in [6.07, 6.45) is 5.60. The number of hydrogen-bond acceptors (Lipinski definition) is 6. The first kappa shape index (κ1) is 19.4. The third kappa shape index (κ3) is 4.04. The van der Waals surface area contributed by atoms with Gasteiger partial charge in [-0.2, -0.15) is 9.61 Å². The van der Waals surface area contributed by atoms with Gasteiger partial charge in [0.15, 0.2) is 11.1 Å². The van der Waals surface area contributed by atoms with Crippen molar-refractivity contribution < 1.29 is 5.11 Å². The molecule has 0 bridgehead atoms. The Hall–Kier alpha value is -3.59. The second kappa shape index (κ2) is 7.59. The number of H-pyrrole nitrogens is 2. The smallest absolute Gasteiger partial charge is 0.326 e. The van der Waals surface area contributed by atoms with E-state index in [-0.39, 0.29) is 17.6 Å². The summed E-state index contributed by atoms with van der Waals surface area (Å²) >= 11 is 6.11. The fourth-order valence-corrected chi connectivity index (χ4v) is 3.67. The zero-order valence-electron chi connectivity index (χ0n) is 16.6. The molecule has 0 amide bonds. The number of aromatic nitrogens is 5. The molecule has 0 saturated heterocycles. The second-order valence-corrected chi connectivity index (χ2v) is 8.10. The molecule has 4 N–H and O–H groups in total. The number of hydrogen-bond donors (Lipinski definition) is 4. The summed E-state index contributed by atoms with van der Waals surface area (Å²) in [6, 6.07) is 9.38. The van der Waals surface area contributed by atoms with Gasteiger partial charge < -0.3 is 15.4 Å². The minimum Gasteiger partial charge on any atom is -0.493 e. The standard InChI is InChI=1S/C21H20ClN7O2/c1-11(12-5-6-12)24-18-9-17(25-15-4-2-3-14(22)8-15)27-19-13(10-23-29(18)19)7-16-20(30)28-21(31)26-16/h2-4,7-12,25,30H,5-6H2,1H3,(H2,26,28,31)/t11-/m0/s1. The van der Waals surface area contributed by atoms with Gasteiger partial charge in [0.25, 0.3) is 0 Å². The first-order valence-corrected chi connectivity index (χ1v) is 10.3. The van der Waals surface area contributed by atoms with E-state index in [1.165, 1.54) is 12.8 Å². The molecule has 0 aliphatic heterocycles. The van der Waals surface area contributed by atoms with E-state index in [1.54, 1.807) is 22.9 Å². The Morgan fingerprint density at radius 1 is 1.35 bits per heavy atom. The molecule has 1 fully saturated rings. The van der Waals surface area contributed by atoms with Gasteiger partial charge in [0, 0.05) is 22.0 Å². The summed E-state index contributed by atoms with van der Waals surface area (Å²) in [5.41, 5.74) is 1.75. The highest BCUT2D eigenvalue weighted by Crippen LogP contribution is 2.33. The van der Waals surface area contributed by atoms with Gasteiger partial charge in [0.05, 0.1) is 12.2 Å². The Bertz CT molecular complexity index is 1450. The number of fused-ring (bicyclic) bond motifs is 1. The Morgan fingerprint density at radius 3 is 2.90 bits per heavy atom. The van der Waals surface area contributed by atoms with E-state index in [1.807, 2.05) is 24.3 Å². The summed E-state index contributed by atoms with van der Waals surface area (Å²) in [5, 5.41) is 18.9. The lowest BCUT2D eigenvalue weighted by atomic mass is 10.2. The minimum absolute atomic E-state index is 0.173. The molecule has 1 aromatic carbocycles. The molecule has 158 valence electrons. The van der Waals surface area contributed by atoms with Crippen molar-refractivity contribution >= 4 is 34.8 Å². The normalized spacial score (nSPS) is 16.2. The molecule has 10 heteroatoms. The van der Waals surface area contributed by atoms with E-state index in [4.69, 9.17) is 21.6 Å². The van der Waals surface area contributed by atoms with Gasteiger partial charge in [0.1, 0.15) is 11.5 Å². The van der Waals surface area contributed by atoms with Crippen LogP contribution in [0.25, 0.3) is 11.7 Å². The number of rotatable bonds is 5. The number of benzene rings is 1. The van der Waals surface area contributed by atoms with Gasteiger partial charge >= 0.3 is 5.69 Å². The maximum Gasteiger partial charge on any atom is 0.326 e. The fourth-order valence-electron chi connectivity index (χ4n) is 3.48. The van der Waals surface area contributed by atoms with Gasteiger partial charge in [-0.25, -0.2) is 9.78 Å². The van der Waals surface area contributed by atoms with Crippen molar-refractivity contribution in [1.29, 1.82) is 0 Å². The molecule has 1 aliphatic carbocycles. The first-order chi connectivity index (χ1) is 15.0. The van der Waals surface area contributed by atoms with E-state index >= 15 is 0 Å². The Labute approximate surface area is 181 Å². The Balaban J connectivity index is 1.68. The monoisotopic (exact) mass is 437 g/mol. The molecule has 3 heterocycles. The van der Waals surface area contributed by atoms with Crippen LogP contribution in [0.1, 0.15) is 25.5 Å². The highest BCUT2D eigenvalue weighted by Gasteiger charge is 2.27. The lowest BCUT2D eigenvalue weighted by Gasteiger charge is -2.08. The van der Waals surface area contributed by atoms with E-state index < -0.39 is 5.69 Å². The van der Waals surface area contributed by atoms with Crippen LogP contribution in [0, 0.1) is 5.92 Å². The number of nitrogens with zero attached hydrogens (tertiary/aromatic N) is 4. The third-order valence-corrected chi connectivity index (χ3v) is 5.49. The summed E-state index contributed by atoms with van der Waals surface area (Å²) in [7, 11) is 0. The molecule has 0 unspecified atom stereocenters. The average Bonchev–Trinajstić information content (AvgIpc) is 3.42. The van der Waals surface area contributed by atoms with Crippen molar-refractivity contribution in [3.63, 3.8) is 0 Å². The lowest BCUT2D eigenvalue weighted by Crippen LogP contribution is -2.22. The molecule has 0 spiro atoms. The van der Waals surface area contributed by atoms with Crippen LogP contribution in [0.15, 0.2) is 46.3 Å². The van der Waals surface area contributed by atoms with Gasteiger partial charge in [0.2, 0.25) is 5.88 Å². The Morgan fingerprint density at radius 2 is 2.19 bits per heavy atom. The average molecular weight is 438 g/mol. The third-order valence-electron chi connectivity index (χ3n) is 5.25. The van der Waals surface area contributed by atoms with Gasteiger partial charge in [-0.05, 0) is 50.0 Å². The molecule has 3 aromatic heterocycles. The fraction of sp³-hybridized carbons (Fsp3) is 0.238. The number of imidazole rings is 1. The second-order valence-electron chi connectivity index (χ2n) is 7.66. The van der Waals surface area contributed by atoms with Crippen LogP contribution in [0.5, 0.6) is 5.88 Å². The highest BCUT2D eigenvalue weighted by atomic mass is 35.5. The van der Waals surface area contributed by atoms with Crippen LogP contribution >= 0.6 is 11.6 Å². The predicted octanol–water partition coefficient (Wildman–Crippen LogP) is 2.10. The summed E-state index contributed by atoms with van der Waals surface area (Å²) < 4.78 is 1.66. The number of halogens is 1. The van der Waals surface area contributed by atoms with Crippen molar-refractivity contribution in [2.24, 2.45) is 10.9 Å². The van der Waals surface area contributed by atoms with Crippen LogP contribution in [0.3, 0.4) is 0 Å². The van der Waals surface area contributed by atoms with Gasteiger partial charge in [-0.15, -0.1) is 0 Å². The van der Waals surface area contributed by atoms with Crippen molar-refractivity contribution in [2.75, 3.05) is 5.32 Å². The quantitative estimate of drug-likeness (QED) is 0.380. The number of aromatic amines is 2. The van der Waals surface area contributed by atoms with Crippen LogP contribution < -0.4 is 21.7 Å².